The van der Waals surface area contributed by atoms with Crippen LogP contribution in [0.2, 0.25) is 0 Å². The molecule has 2 aromatic carbocycles. The summed E-state index contributed by atoms with van der Waals surface area (Å²) in [5.74, 6) is 1.86. The van der Waals surface area contributed by atoms with Gasteiger partial charge in [0.05, 0.1) is 25.8 Å². The van der Waals surface area contributed by atoms with Crippen molar-refractivity contribution in [2.24, 2.45) is 0 Å². The molecule has 1 aliphatic heterocycles. The second-order valence-corrected chi connectivity index (χ2v) is 8.16. The average molecular weight is 463 g/mol. The maximum Gasteiger partial charge on any atom is 0.272 e. The Balaban J connectivity index is 1.60. The Morgan fingerprint density at radius 3 is 2.76 bits per heavy atom. The van der Waals surface area contributed by atoms with Gasteiger partial charge in [0.1, 0.15) is 18.1 Å². The van der Waals surface area contributed by atoms with Gasteiger partial charge in [0.15, 0.2) is 11.5 Å². The van der Waals surface area contributed by atoms with Crippen LogP contribution in [0.3, 0.4) is 0 Å². The zero-order valence-electron chi connectivity index (χ0n) is 19.7. The van der Waals surface area contributed by atoms with Gasteiger partial charge in [-0.3, -0.25) is 4.79 Å². The molecule has 4 rings (SSSR count). The molecule has 1 aliphatic rings. The molecule has 7 nitrogen and oxygen atoms in total. The van der Waals surface area contributed by atoms with Crippen molar-refractivity contribution in [1.29, 1.82) is 0 Å². The maximum absolute atomic E-state index is 13.6. The predicted molar refractivity (Wildman–Crippen MR) is 131 cm³/mol. The predicted octanol–water partition coefficient (Wildman–Crippen LogP) is 4.64. The molecule has 1 amide bonds. The molecular weight excluding hydrogens is 432 g/mol. The van der Waals surface area contributed by atoms with E-state index in [-0.39, 0.29) is 12.0 Å². The van der Waals surface area contributed by atoms with Gasteiger partial charge in [-0.2, -0.15) is 0 Å². The number of nitrogens with zero attached hydrogens (tertiary/aromatic N) is 2. The fourth-order valence-electron chi connectivity index (χ4n) is 4.06. The molecular formula is C27H30N2O5. The Kier molecular flexibility index (Phi) is 7.65. The van der Waals surface area contributed by atoms with Crippen molar-refractivity contribution >= 4 is 16.8 Å². The summed E-state index contributed by atoms with van der Waals surface area (Å²) < 4.78 is 22.3. The number of ether oxygens (including phenoxy) is 4. The van der Waals surface area contributed by atoms with E-state index in [2.05, 4.69) is 11.6 Å². The molecule has 1 atom stereocenters. The minimum Gasteiger partial charge on any atom is -0.497 e. The number of rotatable bonds is 10. The summed E-state index contributed by atoms with van der Waals surface area (Å²) in [6, 6.07) is 15.0. The van der Waals surface area contributed by atoms with Crippen LogP contribution in [-0.2, 0) is 11.3 Å². The maximum atomic E-state index is 13.6. The van der Waals surface area contributed by atoms with Gasteiger partial charge in [0, 0.05) is 25.1 Å². The molecule has 2 heterocycles. The highest BCUT2D eigenvalue weighted by Gasteiger charge is 2.25. The first kappa shape index (κ1) is 23.6. The van der Waals surface area contributed by atoms with Crippen LogP contribution in [0, 0.1) is 0 Å². The third kappa shape index (κ3) is 5.48. The zero-order chi connectivity index (χ0) is 23.9. The number of fused-ring (bicyclic) bond motifs is 1. The quantitative estimate of drug-likeness (QED) is 0.409. The fraction of sp³-hybridized carbons (Fsp3) is 0.333. The molecule has 0 spiro atoms. The van der Waals surface area contributed by atoms with E-state index in [9.17, 15) is 4.79 Å². The summed E-state index contributed by atoms with van der Waals surface area (Å²) in [6.07, 6.45) is 3.64. The van der Waals surface area contributed by atoms with Crippen LogP contribution in [0.4, 0.5) is 0 Å². The molecule has 1 saturated heterocycles. The molecule has 0 N–H and O–H groups in total. The Hall–Kier alpha value is -3.58. The molecule has 34 heavy (non-hydrogen) atoms. The van der Waals surface area contributed by atoms with Gasteiger partial charge < -0.3 is 23.8 Å². The second-order valence-electron chi connectivity index (χ2n) is 8.16. The number of hydrogen-bond acceptors (Lipinski definition) is 6. The van der Waals surface area contributed by atoms with Crippen LogP contribution < -0.4 is 14.2 Å². The lowest BCUT2D eigenvalue weighted by molar-refractivity contribution is 0.0503. The number of carbonyl (C=O) groups excluding carboxylic acids is 1. The van der Waals surface area contributed by atoms with E-state index in [0.29, 0.717) is 36.9 Å². The summed E-state index contributed by atoms with van der Waals surface area (Å²) in [5.41, 5.74) is 2.07. The molecule has 0 bridgehead atoms. The standard InChI is InChI=1S/C27H30N2O5/c1-4-13-34-25-12-7-19(15-26(25)32-3)17-29(18-22-6-5-14-33-22)27(30)24-10-8-20-16-21(31-2)9-11-23(20)28-24/h4,7-12,15-16,22H,1,5-6,13-14,17-18H2,2-3H3. The van der Waals surface area contributed by atoms with Crippen molar-refractivity contribution < 1.29 is 23.7 Å². The molecule has 3 aromatic rings. The van der Waals surface area contributed by atoms with E-state index < -0.39 is 0 Å². The van der Waals surface area contributed by atoms with Crippen LogP contribution in [0.15, 0.2) is 61.2 Å². The lowest BCUT2D eigenvalue weighted by Crippen LogP contribution is -2.37. The number of methoxy groups -OCH3 is 2. The minimum absolute atomic E-state index is 0.0192. The summed E-state index contributed by atoms with van der Waals surface area (Å²) >= 11 is 0. The van der Waals surface area contributed by atoms with Gasteiger partial charge in [-0.1, -0.05) is 24.8 Å². The Labute approximate surface area is 199 Å². The molecule has 7 heteroatoms. The normalized spacial score (nSPS) is 15.2. The smallest absolute Gasteiger partial charge is 0.272 e. The Morgan fingerprint density at radius 2 is 2.03 bits per heavy atom. The van der Waals surface area contributed by atoms with Crippen LogP contribution in [0.5, 0.6) is 17.2 Å². The van der Waals surface area contributed by atoms with Crippen molar-refractivity contribution in [2.45, 2.75) is 25.5 Å². The van der Waals surface area contributed by atoms with Gasteiger partial charge >= 0.3 is 0 Å². The first-order valence-corrected chi connectivity index (χ1v) is 11.4. The molecule has 1 aromatic heterocycles. The number of hydrogen-bond donors (Lipinski definition) is 0. The van der Waals surface area contributed by atoms with E-state index in [0.717, 1.165) is 41.7 Å². The molecule has 0 aliphatic carbocycles. The van der Waals surface area contributed by atoms with E-state index in [1.54, 1.807) is 31.3 Å². The molecule has 178 valence electrons. The topological polar surface area (TPSA) is 70.1 Å². The summed E-state index contributed by atoms with van der Waals surface area (Å²) in [6.45, 7) is 5.69. The van der Waals surface area contributed by atoms with E-state index >= 15 is 0 Å². The lowest BCUT2D eigenvalue weighted by atomic mass is 10.1. The monoisotopic (exact) mass is 462 g/mol. The third-order valence-corrected chi connectivity index (χ3v) is 5.81. The largest absolute Gasteiger partial charge is 0.497 e. The second kappa shape index (κ2) is 11.0. The number of pyridine rings is 1. The van der Waals surface area contributed by atoms with E-state index in [1.165, 1.54) is 0 Å². The average Bonchev–Trinajstić information content (AvgIpc) is 3.39. The van der Waals surface area contributed by atoms with Gasteiger partial charge in [-0.05, 0) is 54.8 Å². The van der Waals surface area contributed by atoms with Crippen LogP contribution in [-0.4, -0.2) is 55.9 Å². The van der Waals surface area contributed by atoms with Crippen molar-refractivity contribution in [3.63, 3.8) is 0 Å². The molecule has 1 fully saturated rings. The van der Waals surface area contributed by atoms with Crippen LogP contribution >= 0.6 is 0 Å². The van der Waals surface area contributed by atoms with Crippen LogP contribution in [0.1, 0.15) is 28.9 Å². The fourth-order valence-corrected chi connectivity index (χ4v) is 4.06. The first-order valence-electron chi connectivity index (χ1n) is 11.4. The first-order chi connectivity index (χ1) is 16.6. The number of benzene rings is 2. The van der Waals surface area contributed by atoms with Gasteiger partial charge in [0.25, 0.3) is 5.91 Å². The van der Waals surface area contributed by atoms with Gasteiger partial charge in [-0.15, -0.1) is 0 Å². The number of amides is 1. The number of aromatic nitrogens is 1. The Morgan fingerprint density at radius 1 is 1.15 bits per heavy atom. The highest BCUT2D eigenvalue weighted by Crippen LogP contribution is 2.29. The van der Waals surface area contributed by atoms with Crippen molar-refractivity contribution in [3.05, 3.63) is 72.4 Å². The van der Waals surface area contributed by atoms with Crippen molar-refractivity contribution in [1.82, 2.24) is 9.88 Å². The zero-order valence-corrected chi connectivity index (χ0v) is 19.7. The van der Waals surface area contributed by atoms with Gasteiger partial charge in [-0.25, -0.2) is 4.98 Å². The van der Waals surface area contributed by atoms with Gasteiger partial charge in [0.2, 0.25) is 0 Å². The van der Waals surface area contributed by atoms with Crippen molar-refractivity contribution in [2.75, 3.05) is 34.0 Å². The Bertz CT molecular complexity index is 1160. The molecule has 0 radical (unpaired) electrons. The molecule has 1 unspecified atom stereocenters. The SMILES string of the molecule is C=CCOc1ccc(CN(CC2CCCO2)C(=O)c2ccc3cc(OC)ccc3n2)cc1OC. The van der Waals surface area contributed by atoms with Crippen molar-refractivity contribution in [3.8, 4) is 17.2 Å². The summed E-state index contributed by atoms with van der Waals surface area (Å²) in [4.78, 5) is 20.0. The third-order valence-electron chi connectivity index (χ3n) is 5.81. The van der Waals surface area contributed by atoms with E-state index in [1.807, 2.05) is 42.5 Å². The summed E-state index contributed by atoms with van der Waals surface area (Å²) in [7, 11) is 3.23. The van der Waals surface area contributed by atoms with E-state index in [4.69, 9.17) is 18.9 Å². The summed E-state index contributed by atoms with van der Waals surface area (Å²) in [5, 5.41) is 0.918. The number of carbonyl (C=O) groups is 1. The highest BCUT2D eigenvalue weighted by atomic mass is 16.5. The lowest BCUT2D eigenvalue weighted by Gasteiger charge is -2.26. The van der Waals surface area contributed by atoms with Crippen LogP contribution in [0.25, 0.3) is 10.9 Å². The minimum atomic E-state index is -0.140. The molecule has 0 saturated carbocycles. The highest BCUT2D eigenvalue weighted by molar-refractivity contribution is 5.95.